The van der Waals surface area contributed by atoms with E-state index in [9.17, 15) is 9.59 Å². The van der Waals surface area contributed by atoms with Gasteiger partial charge in [-0.2, -0.15) is 0 Å². The van der Waals surface area contributed by atoms with Gasteiger partial charge in [0, 0.05) is 30.4 Å². The predicted octanol–water partition coefficient (Wildman–Crippen LogP) is 0.832. The summed E-state index contributed by atoms with van der Waals surface area (Å²) in [6.07, 6.45) is 1.46. The third kappa shape index (κ3) is 3.16. The van der Waals surface area contributed by atoms with Crippen LogP contribution in [0.15, 0.2) is 11.1 Å². The van der Waals surface area contributed by atoms with Crippen molar-refractivity contribution in [3.05, 3.63) is 27.1 Å². The number of thiophene rings is 1. The summed E-state index contributed by atoms with van der Waals surface area (Å²) in [4.78, 5) is 30.5. The Morgan fingerprint density at radius 3 is 2.86 bits per heavy atom. The molecular formula is C14H19ClN4O2S. The van der Waals surface area contributed by atoms with Gasteiger partial charge in [-0.15, -0.1) is 23.7 Å². The number of fused-ring (bicyclic) bond motifs is 1. The molecule has 1 fully saturated rings. The number of aromatic nitrogens is 2. The van der Waals surface area contributed by atoms with E-state index in [1.807, 2.05) is 13.8 Å². The number of nitrogens with one attached hydrogen (secondary N) is 2. The number of aryl methyl sites for hydroxylation is 2. The Labute approximate surface area is 138 Å². The van der Waals surface area contributed by atoms with E-state index in [2.05, 4.69) is 15.6 Å². The van der Waals surface area contributed by atoms with Crippen LogP contribution < -0.4 is 16.2 Å². The van der Waals surface area contributed by atoms with E-state index in [0.717, 1.165) is 28.4 Å². The van der Waals surface area contributed by atoms with E-state index in [-0.39, 0.29) is 30.4 Å². The molecule has 6 nitrogen and oxygen atoms in total. The summed E-state index contributed by atoms with van der Waals surface area (Å²) < 4.78 is 1.38. The summed E-state index contributed by atoms with van der Waals surface area (Å²) in [7, 11) is 0. The lowest BCUT2D eigenvalue weighted by Crippen LogP contribution is -2.48. The average Bonchev–Trinajstić information content (AvgIpc) is 2.67. The maximum absolute atomic E-state index is 12.4. The maximum Gasteiger partial charge on any atom is 0.262 e. The van der Waals surface area contributed by atoms with Crippen molar-refractivity contribution < 1.29 is 4.79 Å². The van der Waals surface area contributed by atoms with Crippen molar-refractivity contribution in [2.75, 3.05) is 19.6 Å². The van der Waals surface area contributed by atoms with Gasteiger partial charge in [0.25, 0.3) is 5.56 Å². The minimum atomic E-state index is -0.144. The van der Waals surface area contributed by atoms with Crippen molar-refractivity contribution in [2.45, 2.75) is 20.4 Å². The second-order valence-corrected chi connectivity index (χ2v) is 6.67. The third-order valence-electron chi connectivity index (χ3n) is 3.92. The average molecular weight is 343 g/mol. The molecule has 0 radical (unpaired) electrons. The lowest BCUT2D eigenvalue weighted by Gasteiger charge is -2.27. The molecule has 1 saturated heterocycles. The van der Waals surface area contributed by atoms with Crippen LogP contribution in [0.1, 0.15) is 10.4 Å². The lowest BCUT2D eigenvalue weighted by atomic mass is 10.0. The molecule has 0 bridgehead atoms. The molecule has 0 atom stereocenters. The first kappa shape index (κ1) is 16.9. The van der Waals surface area contributed by atoms with E-state index in [1.54, 1.807) is 0 Å². The largest absolute Gasteiger partial charge is 0.354 e. The summed E-state index contributed by atoms with van der Waals surface area (Å²) in [5.41, 5.74) is 0.824. The smallest absolute Gasteiger partial charge is 0.262 e. The predicted molar refractivity (Wildman–Crippen MR) is 90.0 cm³/mol. The van der Waals surface area contributed by atoms with Gasteiger partial charge in [0.05, 0.1) is 11.7 Å². The number of hydrogen-bond donors (Lipinski definition) is 2. The fourth-order valence-corrected chi connectivity index (χ4v) is 3.33. The van der Waals surface area contributed by atoms with Gasteiger partial charge in [-0.05, 0) is 19.4 Å². The quantitative estimate of drug-likeness (QED) is 0.863. The van der Waals surface area contributed by atoms with Crippen molar-refractivity contribution in [1.29, 1.82) is 0 Å². The van der Waals surface area contributed by atoms with Gasteiger partial charge < -0.3 is 10.6 Å². The first-order valence-electron chi connectivity index (χ1n) is 6.99. The molecule has 2 aromatic rings. The van der Waals surface area contributed by atoms with E-state index in [1.165, 1.54) is 22.2 Å². The van der Waals surface area contributed by atoms with Gasteiger partial charge >= 0.3 is 0 Å². The molecule has 120 valence electrons. The lowest BCUT2D eigenvalue weighted by molar-refractivity contribution is -0.122. The number of carbonyl (C=O) groups excluding carboxylic acids is 1. The van der Waals surface area contributed by atoms with Gasteiger partial charge in [-0.3, -0.25) is 14.2 Å². The first-order chi connectivity index (χ1) is 10.1. The number of carbonyl (C=O) groups is 1. The monoisotopic (exact) mass is 342 g/mol. The molecule has 8 heteroatoms. The summed E-state index contributed by atoms with van der Waals surface area (Å²) in [6, 6.07) is 0. The number of nitrogens with zero attached hydrogens (tertiary/aromatic N) is 2. The van der Waals surface area contributed by atoms with Gasteiger partial charge in [0.1, 0.15) is 11.4 Å². The van der Waals surface area contributed by atoms with E-state index >= 15 is 0 Å². The molecule has 1 aliphatic heterocycles. The highest BCUT2D eigenvalue weighted by Crippen LogP contribution is 2.25. The Balaban J connectivity index is 0.00000176. The summed E-state index contributed by atoms with van der Waals surface area (Å²) in [5, 5.41) is 6.66. The van der Waals surface area contributed by atoms with E-state index in [4.69, 9.17) is 0 Å². The minimum Gasteiger partial charge on any atom is -0.354 e. The molecule has 22 heavy (non-hydrogen) atoms. The fourth-order valence-electron chi connectivity index (χ4n) is 2.34. The van der Waals surface area contributed by atoms with Gasteiger partial charge in [0.15, 0.2) is 0 Å². The van der Waals surface area contributed by atoms with Crippen LogP contribution in [0.2, 0.25) is 0 Å². The molecule has 2 aromatic heterocycles. The SMILES string of the molecule is Cc1sc2ncn(CC(=O)NCC3CNC3)c(=O)c2c1C.Cl. The summed E-state index contributed by atoms with van der Waals surface area (Å²) in [5.74, 6) is 0.364. The second-order valence-electron chi connectivity index (χ2n) is 5.47. The van der Waals surface area contributed by atoms with Crippen molar-refractivity contribution >= 4 is 39.9 Å². The Morgan fingerprint density at radius 2 is 2.23 bits per heavy atom. The van der Waals surface area contributed by atoms with Gasteiger partial charge in [-0.1, -0.05) is 0 Å². The Bertz CT molecular complexity index is 751. The van der Waals surface area contributed by atoms with Crippen LogP contribution in [0.3, 0.4) is 0 Å². The highest BCUT2D eigenvalue weighted by Gasteiger charge is 2.18. The molecule has 3 heterocycles. The summed E-state index contributed by atoms with van der Waals surface area (Å²) >= 11 is 1.51. The molecule has 3 rings (SSSR count). The third-order valence-corrected chi connectivity index (χ3v) is 5.04. The summed E-state index contributed by atoms with van der Waals surface area (Å²) in [6.45, 7) is 6.47. The van der Waals surface area contributed by atoms with Crippen LogP contribution >= 0.6 is 23.7 Å². The Hall–Kier alpha value is -1.44. The number of rotatable bonds is 4. The molecule has 0 unspecified atom stereocenters. The zero-order chi connectivity index (χ0) is 15.0. The van der Waals surface area contributed by atoms with Gasteiger partial charge in [0.2, 0.25) is 5.91 Å². The topological polar surface area (TPSA) is 76.0 Å². The minimum absolute atomic E-state index is 0. The van der Waals surface area contributed by atoms with Crippen LogP contribution in [0.4, 0.5) is 0 Å². The van der Waals surface area contributed by atoms with E-state index in [0.29, 0.717) is 17.8 Å². The second kappa shape index (κ2) is 6.76. The molecular weight excluding hydrogens is 324 g/mol. The number of amides is 1. The molecule has 0 aliphatic carbocycles. The standard InChI is InChI=1S/C14H18N4O2S.ClH/c1-8-9(2)21-13-12(8)14(20)18(7-17-13)6-11(19)16-5-10-3-15-4-10;/h7,10,15H,3-6H2,1-2H3,(H,16,19);1H. The van der Waals surface area contributed by atoms with Crippen LogP contribution in [-0.2, 0) is 11.3 Å². The number of hydrogen-bond acceptors (Lipinski definition) is 5. The highest BCUT2D eigenvalue weighted by atomic mass is 35.5. The first-order valence-corrected chi connectivity index (χ1v) is 7.80. The molecule has 0 spiro atoms. The zero-order valence-electron chi connectivity index (χ0n) is 12.5. The van der Waals surface area contributed by atoms with Crippen LogP contribution in [0.25, 0.3) is 10.2 Å². The van der Waals surface area contributed by atoms with E-state index < -0.39 is 0 Å². The van der Waals surface area contributed by atoms with Crippen molar-refractivity contribution in [1.82, 2.24) is 20.2 Å². The normalized spacial score (nSPS) is 14.5. The molecule has 0 aromatic carbocycles. The van der Waals surface area contributed by atoms with Crippen LogP contribution in [0.5, 0.6) is 0 Å². The van der Waals surface area contributed by atoms with Gasteiger partial charge in [-0.25, -0.2) is 4.98 Å². The molecule has 2 N–H and O–H groups in total. The Kier molecular flexibility index (Phi) is 5.20. The fraction of sp³-hybridized carbons (Fsp3) is 0.500. The highest BCUT2D eigenvalue weighted by molar-refractivity contribution is 7.18. The van der Waals surface area contributed by atoms with Crippen molar-refractivity contribution in [3.63, 3.8) is 0 Å². The van der Waals surface area contributed by atoms with Crippen molar-refractivity contribution in [3.8, 4) is 0 Å². The van der Waals surface area contributed by atoms with Crippen LogP contribution in [0, 0.1) is 19.8 Å². The maximum atomic E-state index is 12.4. The Morgan fingerprint density at radius 1 is 1.50 bits per heavy atom. The molecule has 1 aliphatic rings. The zero-order valence-corrected chi connectivity index (χ0v) is 14.1. The number of halogens is 1. The van der Waals surface area contributed by atoms with Crippen LogP contribution in [-0.4, -0.2) is 35.1 Å². The van der Waals surface area contributed by atoms with Crippen molar-refractivity contribution in [2.24, 2.45) is 5.92 Å². The molecule has 1 amide bonds. The molecule has 0 saturated carbocycles.